The van der Waals surface area contributed by atoms with E-state index in [1.54, 1.807) is 0 Å². The number of nitrogens with one attached hydrogen (secondary N) is 1. The number of nitrogens with zero attached hydrogens (tertiary/aromatic N) is 1. The highest BCUT2D eigenvalue weighted by atomic mass is 32.1. The van der Waals surface area contributed by atoms with Gasteiger partial charge in [-0.25, -0.2) is 4.98 Å². The van der Waals surface area contributed by atoms with Crippen LogP contribution < -0.4 is 5.32 Å². The molecular weight excluding hydrogens is 276 g/mol. The smallest absolute Gasteiger partial charge is 0.0972 e. The molecule has 0 aromatic carbocycles. The second-order valence-corrected chi connectivity index (χ2v) is 9.20. The van der Waals surface area contributed by atoms with E-state index in [1.165, 1.54) is 68.6 Å². The van der Waals surface area contributed by atoms with Crippen molar-refractivity contribution in [1.29, 1.82) is 0 Å². The summed E-state index contributed by atoms with van der Waals surface area (Å²) in [5.74, 6) is 3.76. The molecule has 5 aliphatic rings. The van der Waals surface area contributed by atoms with Gasteiger partial charge in [0.05, 0.1) is 10.7 Å². The van der Waals surface area contributed by atoms with Gasteiger partial charge in [-0.3, -0.25) is 0 Å². The Morgan fingerprint density at radius 2 is 1.81 bits per heavy atom. The fourth-order valence-electron chi connectivity index (χ4n) is 6.21. The van der Waals surface area contributed by atoms with Gasteiger partial charge in [0.25, 0.3) is 0 Å². The summed E-state index contributed by atoms with van der Waals surface area (Å²) in [6.07, 6.45) is 11.6. The van der Waals surface area contributed by atoms with E-state index in [2.05, 4.69) is 10.7 Å². The van der Waals surface area contributed by atoms with Crippen LogP contribution in [-0.2, 0) is 5.41 Å². The lowest BCUT2D eigenvalue weighted by Crippen LogP contribution is -2.48. The summed E-state index contributed by atoms with van der Waals surface area (Å²) in [7, 11) is 0. The molecule has 0 spiro atoms. The molecule has 0 radical (unpaired) electrons. The van der Waals surface area contributed by atoms with Crippen LogP contribution in [0.5, 0.6) is 0 Å². The van der Waals surface area contributed by atoms with Gasteiger partial charge in [-0.05, 0) is 75.7 Å². The van der Waals surface area contributed by atoms with E-state index in [1.807, 2.05) is 11.3 Å². The summed E-state index contributed by atoms with van der Waals surface area (Å²) in [5.41, 5.74) is 1.98. The highest BCUT2D eigenvalue weighted by molar-refractivity contribution is 7.09. The van der Waals surface area contributed by atoms with Crippen molar-refractivity contribution < 1.29 is 0 Å². The lowest BCUT2D eigenvalue weighted by molar-refractivity contribution is -0.00700. The van der Waals surface area contributed by atoms with E-state index in [0.717, 1.165) is 24.3 Å². The second-order valence-electron chi connectivity index (χ2n) is 8.31. The molecular formula is C18H26N2S. The minimum absolute atomic E-state index is 0.492. The molecule has 4 saturated carbocycles. The zero-order valence-electron chi connectivity index (χ0n) is 12.8. The molecule has 1 aromatic rings. The Labute approximate surface area is 131 Å². The van der Waals surface area contributed by atoms with Crippen molar-refractivity contribution in [2.45, 2.75) is 62.7 Å². The summed E-state index contributed by atoms with van der Waals surface area (Å²) < 4.78 is 0. The predicted octanol–water partition coefficient (Wildman–Crippen LogP) is 4.08. The molecule has 1 N–H and O–H groups in total. The van der Waals surface area contributed by atoms with Crippen LogP contribution in [0.25, 0.3) is 0 Å². The van der Waals surface area contributed by atoms with Crippen molar-refractivity contribution in [2.24, 2.45) is 17.8 Å². The van der Waals surface area contributed by atoms with Gasteiger partial charge >= 0.3 is 0 Å². The van der Waals surface area contributed by atoms with Crippen molar-refractivity contribution in [3.63, 3.8) is 0 Å². The molecule has 114 valence electrons. The molecule has 1 aromatic heterocycles. The topological polar surface area (TPSA) is 24.9 Å². The van der Waals surface area contributed by atoms with E-state index in [9.17, 15) is 0 Å². The van der Waals surface area contributed by atoms with Crippen LogP contribution in [0.3, 0.4) is 0 Å². The number of piperidine rings is 1. The number of thiazole rings is 1. The third-order valence-corrected chi connectivity index (χ3v) is 7.76. The molecule has 5 fully saturated rings. The van der Waals surface area contributed by atoms with Crippen LogP contribution in [-0.4, -0.2) is 18.1 Å². The highest BCUT2D eigenvalue weighted by Gasteiger charge is 2.52. The van der Waals surface area contributed by atoms with E-state index in [4.69, 9.17) is 4.98 Å². The first kappa shape index (κ1) is 13.1. The van der Waals surface area contributed by atoms with E-state index < -0.39 is 0 Å². The third kappa shape index (κ3) is 2.11. The lowest BCUT2D eigenvalue weighted by Gasteiger charge is -2.56. The average molecular weight is 302 g/mol. The van der Waals surface area contributed by atoms with Gasteiger partial charge in [-0.2, -0.15) is 0 Å². The van der Waals surface area contributed by atoms with E-state index >= 15 is 0 Å². The fraction of sp³-hybridized carbons (Fsp3) is 0.833. The highest BCUT2D eigenvalue weighted by Crippen LogP contribution is 2.60. The zero-order valence-corrected chi connectivity index (χ0v) is 13.6. The average Bonchev–Trinajstić information content (AvgIpc) is 2.97. The monoisotopic (exact) mass is 302 g/mol. The minimum Gasteiger partial charge on any atom is -0.316 e. The summed E-state index contributed by atoms with van der Waals surface area (Å²) in [6.45, 7) is 2.34. The number of hydrogen-bond acceptors (Lipinski definition) is 3. The zero-order chi connectivity index (χ0) is 13.9. The largest absolute Gasteiger partial charge is 0.316 e. The molecule has 0 amide bonds. The van der Waals surface area contributed by atoms with Gasteiger partial charge in [0.1, 0.15) is 0 Å². The predicted molar refractivity (Wildman–Crippen MR) is 86.8 cm³/mol. The molecule has 6 rings (SSSR count). The van der Waals surface area contributed by atoms with Crippen molar-refractivity contribution >= 4 is 11.3 Å². The van der Waals surface area contributed by atoms with Crippen molar-refractivity contribution in [2.75, 3.05) is 13.1 Å². The normalized spacial score (nSPS) is 45.1. The summed E-state index contributed by atoms with van der Waals surface area (Å²) >= 11 is 1.95. The summed E-state index contributed by atoms with van der Waals surface area (Å²) in [6, 6.07) is 0. The SMILES string of the molecule is c1sc(C2CCCNC2)nc1C12CC3CC(CC(C3)C1)C2. The van der Waals surface area contributed by atoms with Gasteiger partial charge in [0.15, 0.2) is 0 Å². The van der Waals surface area contributed by atoms with Crippen LogP contribution in [0, 0.1) is 17.8 Å². The first-order valence-electron chi connectivity index (χ1n) is 8.97. The first-order chi connectivity index (χ1) is 10.3. The van der Waals surface area contributed by atoms with E-state index in [-0.39, 0.29) is 0 Å². The van der Waals surface area contributed by atoms with Crippen molar-refractivity contribution in [3.05, 3.63) is 16.1 Å². The molecule has 1 atom stereocenters. The van der Waals surface area contributed by atoms with E-state index in [0.29, 0.717) is 11.3 Å². The van der Waals surface area contributed by atoms with Crippen LogP contribution >= 0.6 is 11.3 Å². The van der Waals surface area contributed by atoms with Gasteiger partial charge in [-0.1, -0.05) is 0 Å². The van der Waals surface area contributed by atoms with Gasteiger partial charge in [0.2, 0.25) is 0 Å². The Kier molecular flexibility index (Phi) is 2.98. The Morgan fingerprint density at radius 1 is 1.10 bits per heavy atom. The number of aromatic nitrogens is 1. The van der Waals surface area contributed by atoms with Crippen molar-refractivity contribution in [1.82, 2.24) is 10.3 Å². The molecule has 1 aliphatic heterocycles. The molecule has 1 unspecified atom stereocenters. The van der Waals surface area contributed by atoms with Crippen molar-refractivity contribution in [3.8, 4) is 0 Å². The Morgan fingerprint density at radius 3 is 2.43 bits per heavy atom. The molecule has 1 saturated heterocycles. The minimum atomic E-state index is 0.492. The molecule has 4 aliphatic carbocycles. The second kappa shape index (κ2) is 4.79. The van der Waals surface area contributed by atoms with Gasteiger partial charge in [0, 0.05) is 23.3 Å². The number of rotatable bonds is 2. The quantitative estimate of drug-likeness (QED) is 0.890. The Bertz CT molecular complexity index is 494. The molecule has 2 nitrogen and oxygen atoms in total. The first-order valence-corrected chi connectivity index (χ1v) is 9.85. The van der Waals surface area contributed by atoms with Crippen LogP contribution in [0.1, 0.15) is 68.0 Å². The molecule has 4 bridgehead atoms. The Hall–Kier alpha value is -0.410. The maximum Gasteiger partial charge on any atom is 0.0972 e. The summed E-state index contributed by atoms with van der Waals surface area (Å²) in [4.78, 5) is 5.20. The maximum absolute atomic E-state index is 5.20. The number of hydrogen-bond donors (Lipinski definition) is 1. The lowest BCUT2D eigenvalue weighted by atomic mass is 9.49. The standard InChI is InChI=1S/C18H26N2S/c1-2-15(10-19-3-1)17-20-16(11-21-17)18-7-12-4-13(8-18)6-14(5-12)9-18/h11-15,19H,1-10H2. The molecule has 3 heteroatoms. The summed E-state index contributed by atoms with van der Waals surface area (Å²) in [5, 5.41) is 7.41. The fourth-order valence-corrected chi connectivity index (χ4v) is 7.29. The molecule has 2 heterocycles. The Balaban J connectivity index is 1.44. The maximum atomic E-state index is 5.20. The van der Waals surface area contributed by atoms with Gasteiger partial charge in [-0.15, -0.1) is 11.3 Å². The molecule has 21 heavy (non-hydrogen) atoms. The van der Waals surface area contributed by atoms with Crippen LogP contribution in [0.4, 0.5) is 0 Å². The van der Waals surface area contributed by atoms with Gasteiger partial charge < -0.3 is 5.32 Å². The van der Waals surface area contributed by atoms with Crippen LogP contribution in [0.2, 0.25) is 0 Å². The third-order valence-electron chi connectivity index (χ3n) is 6.75. The van der Waals surface area contributed by atoms with Crippen LogP contribution in [0.15, 0.2) is 5.38 Å².